The van der Waals surface area contributed by atoms with Gasteiger partial charge in [-0.3, -0.25) is 4.79 Å². The number of hydrogen-bond donors (Lipinski definition) is 1. The third kappa shape index (κ3) is 1.22. The lowest BCUT2D eigenvalue weighted by atomic mass is 10.2. The normalized spacial score (nSPS) is 10.0. The molecule has 5 nitrogen and oxygen atoms in total. The van der Waals surface area contributed by atoms with E-state index >= 15 is 0 Å². The second kappa shape index (κ2) is 3.09. The molecule has 0 fully saturated rings. The summed E-state index contributed by atoms with van der Waals surface area (Å²) in [5.74, 6) is 0. The number of nitriles is 1. The third-order valence-corrected chi connectivity index (χ3v) is 1.99. The molecule has 6 heteroatoms. The number of fused-ring (bicyclic) bond motifs is 1. The van der Waals surface area contributed by atoms with Crippen LogP contribution in [0.2, 0.25) is 5.15 Å². The number of nitrogens with zero attached hydrogens (tertiary/aromatic N) is 3. The fourth-order valence-corrected chi connectivity index (χ4v) is 1.23. The molecular weight excluding hydrogens is 204 g/mol. The number of H-pyrrole nitrogens is 1. The van der Waals surface area contributed by atoms with Gasteiger partial charge in [0, 0.05) is 0 Å². The summed E-state index contributed by atoms with van der Waals surface area (Å²) in [4.78, 5) is 21.3. The summed E-state index contributed by atoms with van der Waals surface area (Å²) in [6.45, 7) is 0. The van der Waals surface area contributed by atoms with E-state index in [0.717, 1.165) is 0 Å². The van der Waals surface area contributed by atoms with Crippen LogP contribution in [-0.2, 0) is 0 Å². The number of rotatable bonds is 0. The monoisotopic (exact) mass is 206 g/mol. The minimum absolute atomic E-state index is 0.0538. The van der Waals surface area contributed by atoms with E-state index in [0.29, 0.717) is 0 Å². The molecule has 0 radical (unpaired) electrons. The van der Waals surface area contributed by atoms with E-state index in [9.17, 15) is 4.79 Å². The number of halogens is 1. The molecule has 2 aromatic heterocycles. The molecule has 0 amide bonds. The average Bonchev–Trinajstić information content (AvgIpc) is 2.17. The van der Waals surface area contributed by atoms with Crippen LogP contribution in [0, 0.1) is 11.3 Å². The molecule has 0 saturated heterocycles. The Hall–Kier alpha value is -1.93. The Morgan fingerprint density at radius 3 is 3.07 bits per heavy atom. The summed E-state index contributed by atoms with van der Waals surface area (Å²) in [6, 6.07) is 3.21. The number of hydrogen-bond acceptors (Lipinski definition) is 4. The van der Waals surface area contributed by atoms with Crippen molar-refractivity contribution < 1.29 is 0 Å². The molecule has 0 aliphatic rings. The van der Waals surface area contributed by atoms with Crippen molar-refractivity contribution in [1.82, 2.24) is 15.0 Å². The molecule has 0 aliphatic carbocycles. The van der Waals surface area contributed by atoms with Crippen molar-refractivity contribution in [2.24, 2.45) is 0 Å². The highest BCUT2D eigenvalue weighted by Crippen LogP contribution is 2.15. The van der Waals surface area contributed by atoms with Gasteiger partial charge in [-0.1, -0.05) is 11.6 Å². The largest absolute Gasteiger partial charge is 0.313 e. The summed E-state index contributed by atoms with van der Waals surface area (Å²) in [6.07, 6.45) is 1.24. The summed E-state index contributed by atoms with van der Waals surface area (Å²) in [7, 11) is 0. The number of aromatic amines is 1. The lowest BCUT2D eigenvalue weighted by Gasteiger charge is -1.96. The predicted octanol–water partition coefficient (Wildman–Crippen LogP) is 0.843. The lowest BCUT2D eigenvalue weighted by molar-refractivity contribution is 1.14. The van der Waals surface area contributed by atoms with Gasteiger partial charge < -0.3 is 4.98 Å². The van der Waals surface area contributed by atoms with E-state index in [1.54, 1.807) is 0 Å². The van der Waals surface area contributed by atoms with Crippen LogP contribution < -0.4 is 5.56 Å². The molecule has 2 rings (SSSR count). The molecule has 0 atom stereocenters. The Kier molecular flexibility index (Phi) is 1.91. The second-order valence-electron chi connectivity index (χ2n) is 2.54. The van der Waals surface area contributed by atoms with Gasteiger partial charge in [0.25, 0.3) is 5.56 Å². The SMILES string of the molecule is N#Cc1cc2c(=O)[nH]cnc2nc1Cl. The van der Waals surface area contributed by atoms with Crippen molar-refractivity contribution in [2.75, 3.05) is 0 Å². The maximum absolute atomic E-state index is 11.3. The van der Waals surface area contributed by atoms with Crippen LogP contribution in [0.4, 0.5) is 0 Å². The summed E-state index contributed by atoms with van der Waals surface area (Å²) >= 11 is 5.67. The Balaban J connectivity index is 2.96. The van der Waals surface area contributed by atoms with Crippen LogP contribution in [-0.4, -0.2) is 15.0 Å². The highest BCUT2D eigenvalue weighted by atomic mass is 35.5. The van der Waals surface area contributed by atoms with E-state index in [2.05, 4.69) is 15.0 Å². The standard InChI is InChI=1S/C8H3ClN4O/c9-6-4(2-10)1-5-7(13-6)11-3-12-8(5)14/h1,3H,(H,11,12,13,14). The molecule has 0 saturated carbocycles. The summed E-state index contributed by atoms with van der Waals surface area (Å²) < 4.78 is 0. The van der Waals surface area contributed by atoms with Crippen LogP contribution in [0.15, 0.2) is 17.2 Å². The molecule has 2 aromatic rings. The quantitative estimate of drug-likeness (QED) is 0.648. The predicted molar refractivity (Wildman–Crippen MR) is 49.9 cm³/mol. The van der Waals surface area contributed by atoms with Gasteiger partial charge in [0.05, 0.1) is 17.3 Å². The molecule has 0 unspecified atom stereocenters. The molecule has 68 valence electrons. The zero-order valence-electron chi connectivity index (χ0n) is 6.78. The highest BCUT2D eigenvalue weighted by molar-refractivity contribution is 6.30. The van der Waals surface area contributed by atoms with E-state index in [4.69, 9.17) is 16.9 Å². The smallest absolute Gasteiger partial charge is 0.260 e. The maximum Gasteiger partial charge on any atom is 0.260 e. The Bertz CT molecular complexity index is 598. The molecule has 0 aromatic carbocycles. The van der Waals surface area contributed by atoms with Crippen molar-refractivity contribution in [1.29, 1.82) is 5.26 Å². The lowest BCUT2D eigenvalue weighted by Crippen LogP contribution is -2.07. The van der Waals surface area contributed by atoms with Gasteiger partial charge in [-0.15, -0.1) is 0 Å². The average molecular weight is 207 g/mol. The summed E-state index contributed by atoms with van der Waals surface area (Å²) in [5, 5.41) is 8.97. The van der Waals surface area contributed by atoms with E-state index < -0.39 is 0 Å². The Labute approximate surface area is 83.0 Å². The van der Waals surface area contributed by atoms with Gasteiger partial charge in [-0.05, 0) is 6.07 Å². The first-order valence-corrected chi connectivity index (χ1v) is 4.04. The fourth-order valence-electron chi connectivity index (χ4n) is 1.06. The number of pyridine rings is 1. The number of nitrogens with one attached hydrogen (secondary N) is 1. The topological polar surface area (TPSA) is 82.4 Å². The fraction of sp³-hybridized carbons (Fsp3) is 0. The second-order valence-corrected chi connectivity index (χ2v) is 2.90. The van der Waals surface area contributed by atoms with Gasteiger partial charge >= 0.3 is 0 Å². The minimum atomic E-state index is -0.337. The first-order valence-electron chi connectivity index (χ1n) is 3.66. The van der Waals surface area contributed by atoms with Gasteiger partial charge in [-0.2, -0.15) is 5.26 Å². The van der Waals surface area contributed by atoms with Crippen molar-refractivity contribution >= 4 is 22.6 Å². The van der Waals surface area contributed by atoms with Crippen molar-refractivity contribution in [2.45, 2.75) is 0 Å². The van der Waals surface area contributed by atoms with Crippen molar-refractivity contribution in [3.8, 4) is 6.07 Å². The molecular formula is C8H3ClN4O. The molecule has 0 aliphatic heterocycles. The van der Waals surface area contributed by atoms with Crippen molar-refractivity contribution in [3.63, 3.8) is 0 Å². The van der Waals surface area contributed by atoms with Gasteiger partial charge in [0.2, 0.25) is 0 Å². The molecule has 1 N–H and O–H groups in total. The first-order chi connectivity index (χ1) is 6.72. The van der Waals surface area contributed by atoms with Crippen molar-refractivity contribution in [3.05, 3.63) is 33.5 Å². The van der Waals surface area contributed by atoms with Crippen LogP contribution >= 0.6 is 11.6 Å². The zero-order valence-corrected chi connectivity index (χ0v) is 7.54. The third-order valence-electron chi connectivity index (χ3n) is 1.70. The van der Waals surface area contributed by atoms with E-state index in [1.807, 2.05) is 6.07 Å². The van der Waals surface area contributed by atoms with Gasteiger partial charge in [0.15, 0.2) is 5.65 Å². The van der Waals surface area contributed by atoms with Crippen LogP contribution in [0.5, 0.6) is 0 Å². The zero-order chi connectivity index (χ0) is 10.1. The number of aromatic nitrogens is 3. The molecule has 0 spiro atoms. The maximum atomic E-state index is 11.3. The van der Waals surface area contributed by atoms with Crippen LogP contribution in [0.3, 0.4) is 0 Å². The summed E-state index contributed by atoms with van der Waals surface area (Å²) in [5.41, 5.74) is 0.0612. The van der Waals surface area contributed by atoms with Crippen LogP contribution in [0.25, 0.3) is 11.0 Å². The minimum Gasteiger partial charge on any atom is -0.313 e. The van der Waals surface area contributed by atoms with Gasteiger partial charge in [0.1, 0.15) is 11.2 Å². The molecule has 2 heterocycles. The van der Waals surface area contributed by atoms with Gasteiger partial charge in [-0.25, -0.2) is 9.97 Å². The highest BCUT2D eigenvalue weighted by Gasteiger charge is 2.06. The Morgan fingerprint density at radius 1 is 1.57 bits per heavy atom. The first kappa shape index (κ1) is 8.66. The molecule has 0 bridgehead atoms. The Morgan fingerprint density at radius 2 is 2.36 bits per heavy atom. The van der Waals surface area contributed by atoms with E-state index in [-0.39, 0.29) is 27.3 Å². The van der Waals surface area contributed by atoms with E-state index in [1.165, 1.54) is 12.4 Å². The molecule has 14 heavy (non-hydrogen) atoms. The van der Waals surface area contributed by atoms with Crippen LogP contribution in [0.1, 0.15) is 5.56 Å².